The molecule has 0 bridgehead atoms. The van der Waals surface area contributed by atoms with E-state index in [0.717, 1.165) is 44.3 Å². The van der Waals surface area contributed by atoms with Gasteiger partial charge in [0.15, 0.2) is 0 Å². The van der Waals surface area contributed by atoms with Gasteiger partial charge in [0.25, 0.3) is 17.7 Å². The molecule has 2 fully saturated rings. The number of likely N-dealkylation sites (N-methyl/N-ethyl adjacent to an activating group) is 1. The minimum atomic E-state index is -4.06. The second-order valence-corrected chi connectivity index (χ2v) is 20.2. The van der Waals surface area contributed by atoms with Crippen LogP contribution < -0.4 is 20.3 Å². The van der Waals surface area contributed by atoms with E-state index in [0.29, 0.717) is 22.8 Å². The van der Waals surface area contributed by atoms with Crippen LogP contribution in [0.3, 0.4) is 0 Å². The van der Waals surface area contributed by atoms with Crippen molar-refractivity contribution >= 4 is 51.2 Å². The number of aromatic hydroxyl groups is 1. The van der Waals surface area contributed by atoms with Crippen molar-refractivity contribution < 1.29 is 47.0 Å². The van der Waals surface area contributed by atoms with Crippen LogP contribution in [0.5, 0.6) is 11.5 Å². The maximum absolute atomic E-state index is 14.2. The van der Waals surface area contributed by atoms with Gasteiger partial charge in [-0.1, -0.05) is 85.5 Å². The number of ether oxygens (including phenoxy) is 1. The van der Waals surface area contributed by atoms with Gasteiger partial charge in [-0.15, -0.1) is 0 Å². The maximum Gasteiger partial charge on any atom is 0.262 e. The second kappa shape index (κ2) is 20.2. The van der Waals surface area contributed by atoms with Gasteiger partial charge in [-0.3, -0.25) is 39.0 Å². The van der Waals surface area contributed by atoms with Crippen LogP contribution >= 0.6 is 0 Å². The Bertz CT molecular complexity index is 2940. The number of anilines is 1. The summed E-state index contributed by atoms with van der Waals surface area (Å²) in [6.45, 7) is 5.21. The number of hydrogen-bond acceptors (Lipinski definition) is 10. The van der Waals surface area contributed by atoms with Crippen molar-refractivity contribution in [2.45, 2.75) is 102 Å². The molecule has 3 N–H and O–H groups in total. The van der Waals surface area contributed by atoms with Gasteiger partial charge in [-0.2, -0.15) is 4.31 Å². The summed E-state index contributed by atoms with van der Waals surface area (Å²) in [5, 5.41) is 16.3. The van der Waals surface area contributed by atoms with Gasteiger partial charge in [-0.05, 0) is 110 Å². The molecule has 1 saturated heterocycles. The average molecular weight is 954 g/mol. The van der Waals surface area contributed by atoms with E-state index in [1.807, 2.05) is 19.1 Å². The van der Waals surface area contributed by atoms with Crippen LogP contribution in [-0.2, 0) is 44.1 Å². The Kier molecular flexibility index (Phi) is 14.1. The first kappa shape index (κ1) is 48.3. The lowest BCUT2D eigenvalue weighted by Crippen LogP contribution is -2.54. The van der Waals surface area contributed by atoms with Crippen molar-refractivity contribution in [3.63, 3.8) is 0 Å². The summed E-state index contributed by atoms with van der Waals surface area (Å²) >= 11 is 0. The molecule has 2 aliphatic heterocycles. The summed E-state index contributed by atoms with van der Waals surface area (Å²) in [5.41, 5.74) is 6.20. The number of nitrogens with one attached hydrogen (secondary N) is 2. The zero-order chi connectivity index (χ0) is 49.1. The minimum Gasteiger partial charge on any atom is -0.507 e. The highest BCUT2D eigenvalue weighted by Gasteiger charge is 2.45. The fourth-order valence-corrected chi connectivity index (χ4v) is 11.1. The molecular weight excluding hydrogens is 899 g/mol. The third-order valence-corrected chi connectivity index (χ3v) is 15.3. The van der Waals surface area contributed by atoms with Crippen LogP contribution in [-0.4, -0.2) is 77.8 Å². The average Bonchev–Trinajstić information content (AvgIpc) is 3.56. The Morgan fingerprint density at radius 3 is 2.10 bits per heavy atom. The number of amides is 6. The monoisotopic (exact) mass is 953 g/mol. The van der Waals surface area contributed by atoms with Crippen molar-refractivity contribution in [3.05, 3.63) is 153 Å². The van der Waals surface area contributed by atoms with Gasteiger partial charge in [0.2, 0.25) is 27.7 Å². The number of nitrogens with zero attached hydrogens (tertiary/aromatic N) is 3. The molecule has 5 aromatic carbocycles. The van der Waals surface area contributed by atoms with Crippen molar-refractivity contribution in [1.82, 2.24) is 19.8 Å². The second-order valence-electron chi connectivity index (χ2n) is 18.2. The van der Waals surface area contributed by atoms with E-state index in [-0.39, 0.29) is 65.6 Å². The van der Waals surface area contributed by atoms with Gasteiger partial charge in [-0.25, -0.2) is 8.42 Å². The number of imide groups is 2. The van der Waals surface area contributed by atoms with Crippen LogP contribution in [0, 0.1) is 20.8 Å². The predicted octanol–water partition coefficient (Wildman–Crippen LogP) is 7.13. The van der Waals surface area contributed by atoms with E-state index >= 15 is 0 Å². The number of hydrogen-bond donors (Lipinski definition) is 3. The van der Waals surface area contributed by atoms with Crippen LogP contribution in [0.1, 0.15) is 121 Å². The lowest BCUT2D eigenvalue weighted by Gasteiger charge is -2.27. The number of sulfonamides is 1. The number of piperidine rings is 1. The number of aryl methyl sites for hydroxylation is 3. The Labute approximate surface area is 401 Å². The zero-order valence-electron chi connectivity index (χ0n) is 39.0. The molecule has 1 unspecified atom stereocenters. The van der Waals surface area contributed by atoms with E-state index in [1.165, 1.54) is 61.0 Å². The van der Waals surface area contributed by atoms with Crippen LogP contribution in [0.25, 0.3) is 0 Å². The molecule has 8 rings (SSSR count). The number of phenols is 1. The van der Waals surface area contributed by atoms with E-state index in [2.05, 4.69) is 22.8 Å². The number of fused-ring (bicyclic) bond motifs is 1. The first-order valence-electron chi connectivity index (χ1n) is 23.1. The summed E-state index contributed by atoms with van der Waals surface area (Å²) in [6, 6.07) is 26.7. The summed E-state index contributed by atoms with van der Waals surface area (Å²) in [6.07, 6.45) is 5.99. The molecule has 5 aromatic rings. The number of carbonyl (C=O) groups is 6. The number of rotatable bonds is 15. The summed E-state index contributed by atoms with van der Waals surface area (Å²) in [4.78, 5) is 80.4. The third kappa shape index (κ3) is 10.5. The lowest BCUT2D eigenvalue weighted by molar-refractivity contribution is -0.136. The molecule has 0 radical (unpaired) electrons. The third-order valence-electron chi connectivity index (χ3n) is 13.2. The van der Waals surface area contributed by atoms with Gasteiger partial charge in [0, 0.05) is 31.8 Å². The molecule has 1 atom stereocenters. The summed E-state index contributed by atoms with van der Waals surface area (Å²) < 4.78 is 34.8. The quantitative estimate of drug-likeness (QED) is 0.0908. The normalized spacial score (nSPS) is 16.4. The van der Waals surface area contributed by atoms with Gasteiger partial charge >= 0.3 is 0 Å². The fraction of sp³-hybridized carbons (Fsp3) is 0.321. The van der Waals surface area contributed by atoms with Gasteiger partial charge in [0.1, 0.15) is 24.1 Å². The fourth-order valence-electron chi connectivity index (χ4n) is 9.54. The number of phenolic OH excluding ortho intramolecular Hbond substituents is 1. The highest BCUT2D eigenvalue weighted by Crippen LogP contribution is 2.34. The first-order chi connectivity index (χ1) is 33.0. The van der Waals surface area contributed by atoms with Crippen molar-refractivity contribution in [3.8, 4) is 11.5 Å². The number of carbonyl (C=O) groups excluding carboxylic acids is 6. The van der Waals surface area contributed by atoms with E-state index in [4.69, 9.17) is 4.74 Å². The van der Waals surface area contributed by atoms with Gasteiger partial charge in [0.05, 0.1) is 34.7 Å². The van der Waals surface area contributed by atoms with E-state index in [1.54, 1.807) is 62.4 Å². The van der Waals surface area contributed by atoms with E-state index in [9.17, 15) is 42.3 Å². The molecule has 0 aromatic heterocycles. The van der Waals surface area contributed by atoms with Crippen molar-refractivity contribution in [2.75, 3.05) is 18.5 Å². The molecule has 1 saturated carbocycles. The van der Waals surface area contributed by atoms with Crippen molar-refractivity contribution in [1.29, 1.82) is 0 Å². The smallest absolute Gasteiger partial charge is 0.262 e. The lowest BCUT2D eigenvalue weighted by atomic mass is 9.84. The zero-order valence-corrected chi connectivity index (χ0v) is 39.9. The highest BCUT2D eigenvalue weighted by molar-refractivity contribution is 7.89. The van der Waals surface area contributed by atoms with Crippen molar-refractivity contribution in [2.24, 2.45) is 0 Å². The Balaban J connectivity index is 0.912. The molecule has 358 valence electrons. The van der Waals surface area contributed by atoms with Crippen LogP contribution in [0.15, 0.2) is 102 Å². The Hall–Kier alpha value is -7.17. The Morgan fingerprint density at radius 1 is 0.783 bits per heavy atom. The largest absolute Gasteiger partial charge is 0.507 e. The standard InChI is InChI=1S/C53H55N5O10S/c1-32-24-33(2)49(34(3)25-32)69(66,67)56(4)30-48(61)57(29-36-14-16-39(17-15-36)38-8-6-5-7-9-38)40-18-20-43(46(59)26-40)50(62)54-28-35-10-12-37(13-11-35)31-68-41-19-21-42-44(27-41)53(65)58(52(42)64)45-22-23-47(60)55-51(45)63/h10-21,24-27,38,45,59H,5-9,22-23,28-31H2,1-4H3,(H,54,62)(H,55,60,63). The van der Waals surface area contributed by atoms with Crippen LogP contribution in [0.2, 0.25) is 0 Å². The predicted molar refractivity (Wildman–Crippen MR) is 257 cm³/mol. The Morgan fingerprint density at radius 2 is 1.43 bits per heavy atom. The SMILES string of the molecule is Cc1cc(C)c(S(=O)(=O)N(C)CC(=O)N(Cc2ccc(C3CCCCC3)cc2)c2ccc(C(=O)NCc3ccc(COc4ccc5c(c4)C(=O)N(C4CCC(=O)NC4=O)C5=O)cc3)c(O)c2)c(C)c1. The number of benzene rings is 5. The highest BCUT2D eigenvalue weighted by atomic mass is 32.2. The topological polar surface area (TPSA) is 200 Å². The van der Waals surface area contributed by atoms with E-state index < -0.39 is 58.1 Å². The summed E-state index contributed by atoms with van der Waals surface area (Å²) in [5.74, 6) is -3.00. The molecule has 69 heavy (non-hydrogen) atoms. The molecule has 2 heterocycles. The molecule has 1 aliphatic carbocycles. The molecule has 0 spiro atoms. The molecule has 16 heteroatoms. The van der Waals surface area contributed by atoms with Gasteiger partial charge < -0.3 is 20.1 Å². The molecule has 6 amide bonds. The summed E-state index contributed by atoms with van der Waals surface area (Å²) in [7, 11) is -2.69. The maximum atomic E-state index is 14.2. The van der Waals surface area contributed by atoms with Crippen LogP contribution in [0.4, 0.5) is 5.69 Å². The minimum absolute atomic E-state index is 0.0206. The molecule has 15 nitrogen and oxygen atoms in total. The molecular formula is C53H55N5O10S. The molecule has 3 aliphatic rings. The first-order valence-corrected chi connectivity index (χ1v) is 24.5.